The Morgan fingerprint density at radius 1 is 1.43 bits per heavy atom. The molecule has 0 saturated heterocycles. The molecule has 1 aromatic rings. The predicted octanol–water partition coefficient (Wildman–Crippen LogP) is 1.33. The van der Waals surface area contributed by atoms with Crippen molar-refractivity contribution in [3.8, 4) is 0 Å². The number of aliphatic carboxylic acids is 1. The Morgan fingerprint density at radius 3 is 2.38 bits per heavy atom. The van der Waals surface area contributed by atoms with Gasteiger partial charge in [-0.2, -0.15) is 5.10 Å². The molecular formula is C14H25N5O2. The van der Waals surface area contributed by atoms with Crippen molar-refractivity contribution < 1.29 is 9.90 Å². The number of anilines is 1. The van der Waals surface area contributed by atoms with Crippen molar-refractivity contribution in [2.75, 3.05) is 5.73 Å². The Labute approximate surface area is 125 Å². The molecule has 1 heterocycles. The Kier molecular flexibility index (Phi) is 8.52. The molecule has 118 valence electrons. The normalized spacial score (nSPS) is 12.5. The van der Waals surface area contributed by atoms with Gasteiger partial charge in [0.05, 0.1) is 5.92 Å². The summed E-state index contributed by atoms with van der Waals surface area (Å²) in [5.74, 6) is 4.69. The fourth-order valence-electron chi connectivity index (χ4n) is 1.62. The number of rotatable bonds is 5. The average Bonchev–Trinajstić information content (AvgIpc) is 2.41. The number of aryl methyl sites for hydroxylation is 1. The van der Waals surface area contributed by atoms with Crippen LogP contribution in [0.4, 0.5) is 5.82 Å². The van der Waals surface area contributed by atoms with Crippen molar-refractivity contribution in [3.05, 3.63) is 23.9 Å². The zero-order valence-corrected chi connectivity index (χ0v) is 12.8. The summed E-state index contributed by atoms with van der Waals surface area (Å²) in [4.78, 5) is 14.6. The van der Waals surface area contributed by atoms with Crippen molar-refractivity contribution in [1.82, 2.24) is 4.98 Å². The molecule has 1 atom stereocenters. The van der Waals surface area contributed by atoms with Crippen LogP contribution < -0.4 is 17.3 Å². The van der Waals surface area contributed by atoms with E-state index >= 15 is 0 Å². The lowest BCUT2D eigenvalue weighted by atomic mass is 9.94. The van der Waals surface area contributed by atoms with E-state index in [-0.39, 0.29) is 12.3 Å². The first-order chi connectivity index (χ1) is 9.76. The van der Waals surface area contributed by atoms with E-state index in [4.69, 9.17) is 22.4 Å². The van der Waals surface area contributed by atoms with E-state index in [1.807, 2.05) is 26.8 Å². The second-order valence-corrected chi connectivity index (χ2v) is 5.25. The molecule has 1 unspecified atom stereocenters. The first kappa shape index (κ1) is 18.7. The van der Waals surface area contributed by atoms with Gasteiger partial charge in [-0.1, -0.05) is 19.9 Å². The highest BCUT2D eigenvalue weighted by atomic mass is 16.4. The number of carbonyl (C=O) groups is 1. The maximum atomic E-state index is 10.7. The fourth-order valence-corrected chi connectivity index (χ4v) is 1.62. The first-order valence-electron chi connectivity index (χ1n) is 6.69. The van der Waals surface area contributed by atoms with Crippen LogP contribution in [0.15, 0.2) is 23.4 Å². The lowest BCUT2D eigenvalue weighted by Gasteiger charge is -2.13. The highest BCUT2D eigenvalue weighted by Gasteiger charge is 2.19. The van der Waals surface area contributed by atoms with E-state index in [2.05, 4.69) is 10.1 Å². The van der Waals surface area contributed by atoms with Crippen LogP contribution in [0.25, 0.3) is 0 Å². The molecule has 7 N–H and O–H groups in total. The number of aromatic nitrogens is 1. The van der Waals surface area contributed by atoms with Gasteiger partial charge in [0.2, 0.25) is 0 Å². The third kappa shape index (κ3) is 9.26. The summed E-state index contributed by atoms with van der Waals surface area (Å²) in [6, 6.07) is 3.72. The minimum atomic E-state index is -0.847. The fraction of sp³-hybridized carbons (Fsp3) is 0.500. The highest BCUT2D eigenvalue weighted by molar-refractivity contribution is 5.84. The number of carboxylic acid groups (broad SMARTS) is 1. The van der Waals surface area contributed by atoms with Gasteiger partial charge in [-0.25, -0.2) is 4.98 Å². The number of pyridine rings is 1. The number of hydrogen-bond acceptors (Lipinski definition) is 5. The maximum Gasteiger partial charge on any atom is 0.306 e. The van der Waals surface area contributed by atoms with Crippen LogP contribution in [-0.4, -0.2) is 21.9 Å². The number of nitrogen functional groups attached to an aromatic ring is 1. The number of hydrazone groups is 1. The van der Waals surface area contributed by atoms with Crippen molar-refractivity contribution in [1.29, 1.82) is 0 Å². The minimum Gasteiger partial charge on any atom is -0.481 e. The van der Waals surface area contributed by atoms with Gasteiger partial charge >= 0.3 is 5.97 Å². The van der Waals surface area contributed by atoms with Gasteiger partial charge in [0.25, 0.3) is 0 Å². The number of hydrogen-bond donors (Lipinski definition) is 4. The van der Waals surface area contributed by atoms with Crippen LogP contribution in [-0.2, 0) is 4.79 Å². The Hall–Kier alpha value is -2.31. The van der Waals surface area contributed by atoms with Gasteiger partial charge in [0.1, 0.15) is 11.7 Å². The van der Waals surface area contributed by atoms with Crippen LogP contribution >= 0.6 is 0 Å². The molecule has 0 bridgehead atoms. The molecule has 0 aromatic carbocycles. The van der Waals surface area contributed by atoms with E-state index in [1.165, 1.54) is 0 Å². The molecule has 0 aliphatic rings. The topological polar surface area (TPSA) is 141 Å². The van der Waals surface area contributed by atoms with Gasteiger partial charge in [-0.15, -0.1) is 0 Å². The largest absolute Gasteiger partial charge is 0.481 e. The Balaban J connectivity index is 0.000000423. The molecule has 1 rings (SSSR count). The van der Waals surface area contributed by atoms with Gasteiger partial charge in [-0.3, -0.25) is 4.79 Å². The predicted molar refractivity (Wildman–Crippen MR) is 84.4 cm³/mol. The lowest BCUT2D eigenvalue weighted by Crippen LogP contribution is -2.25. The number of nitrogens with two attached hydrogens (primary N) is 3. The van der Waals surface area contributed by atoms with Crippen molar-refractivity contribution >= 4 is 17.6 Å². The third-order valence-corrected chi connectivity index (χ3v) is 2.66. The Morgan fingerprint density at radius 2 is 2.05 bits per heavy atom. The van der Waals surface area contributed by atoms with E-state index in [0.29, 0.717) is 18.2 Å². The zero-order valence-electron chi connectivity index (χ0n) is 12.8. The van der Waals surface area contributed by atoms with Crippen LogP contribution in [0, 0.1) is 18.8 Å². The van der Waals surface area contributed by atoms with E-state index in [9.17, 15) is 4.79 Å². The summed E-state index contributed by atoms with van der Waals surface area (Å²) in [7, 11) is 0. The summed E-state index contributed by atoms with van der Waals surface area (Å²) in [6.45, 7) is 5.91. The lowest BCUT2D eigenvalue weighted by molar-refractivity contribution is -0.142. The molecule has 0 saturated carbocycles. The summed E-state index contributed by atoms with van der Waals surface area (Å²) in [5, 5.41) is 12.1. The quantitative estimate of drug-likeness (QED) is 0.279. The summed E-state index contributed by atoms with van der Waals surface area (Å²) >= 11 is 0. The molecule has 1 aromatic heterocycles. The Bertz CT molecular complexity index is 436. The molecule has 0 radical (unpaired) electrons. The molecular weight excluding hydrogens is 270 g/mol. The van der Waals surface area contributed by atoms with Gasteiger partial charge < -0.3 is 22.4 Å². The summed E-state index contributed by atoms with van der Waals surface area (Å²) in [5.41, 5.74) is 11.8. The van der Waals surface area contributed by atoms with E-state index in [1.54, 1.807) is 12.3 Å². The maximum absolute atomic E-state index is 10.7. The highest BCUT2D eigenvalue weighted by Crippen LogP contribution is 2.15. The second-order valence-electron chi connectivity index (χ2n) is 5.25. The van der Waals surface area contributed by atoms with Crippen molar-refractivity contribution in [2.45, 2.75) is 33.6 Å². The van der Waals surface area contributed by atoms with E-state index < -0.39 is 11.9 Å². The molecule has 0 fully saturated rings. The smallest absolute Gasteiger partial charge is 0.306 e. The van der Waals surface area contributed by atoms with Crippen LogP contribution in [0.1, 0.15) is 32.3 Å². The molecule has 0 amide bonds. The number of carboxylic acids is 1. The van der Waals surface area contributed by atoms with Crippen LogP contribution in [0.2, 0.25) is 0 Å². The number of nitrogens with zero attached hydrogens (tertiary/aromatic N) is 2. The second kappa shape index (κ2) is 9.57. The monoisotopic (exact) mass is 295 g/mol. The summed E-state index contributed by atoms with van der Waals surface area (Å²) < 4.78 is 0. The van der Waals surface area contributed by atoms with E-state index in [0.717, 1.165) is 5.56 Å². The third-order valence-electron chi connectivity index (χ3n) is 2.66. The zero-order chi connectivity index (χ0) is 16.4. The SMILES string of the molecule is CC(C)CC(C/C(N)=N/N)C(=O)O.Cc1ccc(N)nc1. The van der Waals surface area contributed by atoms with Crippen molar-refractivity contribution in [2.24, 2.45) is 28.5 Å². The van der Waals surface area contributed by atoms with Gasteiger partial charge in [-0.05, 0) is 30.9 Å². The molecule has 0 spiro atoms. The molecule has 7 nitrogen and oxygen atoms in total. The molecule has 0 aliphatic heterocycles. The molecule has 0 aliphatic carbocycles. The first-order valence-corrected chi connectivity index (χ1v) is 6.69. The molecule has 7 heteroatoms. The number of amidine groups is 1. The van der Waals surface area contributed by atoms with Crippen LogP contribution in [0.3, 0.4) is 0 Å². The van der Waals surface area contributed by atoms with Gasteiger partial charge in [0, 0.05) is 12.6 Å². The standard InChI is InChI=1S/C8H17N3O2.C6H8N2/c1-5(2)3-6(8(12)13)4-7(9)11-10;1-5-2-3-6(7)8-4-5/h5-6H,3-4,10H2,1-2H3,(H2,9,11)(H,12,13);2-4H,1H3,(H2,7,8). The van der Waals surface area contributed by atoms with Crippen LogP contribution in [0.5, 0.6) is 0 Å². The molecule has 21 heavy (non-hydrogen) atoms. The average molecular weight is 295 g/mol. The summed E-state index contributed by atoms with van der Waals surface area (Å²) in [6.07, 6.45) is 2.56. The minimum absolute atomic E-state index is 0.188. The van der Waals surface area contributed by atoms with Gasteiger partial charge in [0.15, 0.2) is 0 Å². The van der Waals surface area contributed by atoms with Crippen molar-refractivity contribution in [3.63, 3.8) is 0 Å².